The summed E-state index contributed by atoms with van der Waals surface area (Å²) < 4.78 is 32.9. The molecule has 0 aliphatic rings. The van der Waals surface area contributed by atoms with E-state index in [1.807, 2.05) is 0 Å². The normalized spacial score (nSPS) is 11.7. The summed E-state index contributed by atoms with van der Waals surface area (Å²) in [5, 5.41) is 6.41. The number of amides is 1. The Bertz CT molecular complexity index is 1080. The van der Waals surface area contributed by atoms with Crippen molar-refractivity contribution < 1.29 is 23.1 Å². The van der Waals surface area contributed by atoms with E-state index in [1.165, 1.54) is 13.0 Å². The van der Waals surface area contributed by atoms with Gasteiger partial charge in [-0.15, -0.1) is 0 Å². The highest BCUT2D eigenvalue weighted by molar-refractivity contribution is 6.01. The first-order chi connectivity index (χ1) is 13.9. The maximum atomic E-state index is 13.6. The molecule has 1 amide bonds. The van der Waals surface area contributed by atoms with Crippen LogP contribution in [0, 0.1) is 0 Å². The third kappa shape index (κ3) is 4.45. The van der Waals surface area contributed by atoms with E-state index < -0.39 is 18.3 Å². The van der Waals surface area contributed by atoms with E-state index in [4.69, 9.17) is 4.74 Å². The molecule has 0 bridgehead atoms. The van der Waals surface area contributed by atoms with Gasteiger partial charge >= 0.3 is 5.97 Å². The largest absolute Gasteiger partial charge is 0.463 e. The van der Waals surface area contributed by atoms with E-state index in [0.29, 0.717) is 11.3 Å². The van der Waals surface area contributed by atoms with Crippen molar-refractivity contribution in [2.24, 2.45) is 0 Å². The second kappa shape index (κ2) is 8.59. The van der Waals surface area contributed by atoms with Crippen molar-refractivity contribution in [2.45, 2.75) is 20.3 Å². The van der Waals surface area contributed by atoms with Crippen LogP contribution in [0.4, 0.5) is 8.78 Å². The van der Waals surface area contributed by atoms with Gasteiger partial charge in [0.1, 0.15) is 11.3 Å². The quantitative estimate of drug-likeness (QED) is 0.505. The number of esters is 1. The van der Waals surface area contributed by atoms with Crippen molar-refractivity contribution in [3.63, 3.8) is 0 Å². The van der Waals surface area contributed by atoms with Crippen LogP contribution < -0.4 is 5.32 Å². The number of nitrogens with zero attached hydrogens (tertiary/aromatic N) is 3. The lowest BCUT2D eigenvalue weighted by Crippen LogP contribution is -2.22. The molecule has 1 aromatic carbocycles. The number of fused-ring (bicyclic) bond motifs is 1. The van der Waals surface area contributed by atoms with E-state index in [9.17, 15) is 18.4 Å². The first-order valence-electron chi connectivity index (χ1n) is 8.79. The van der Waals surface area contributed by atoms with Crippen LogP contribution in [-0.2, 0) is 9.53 Å². The zero-order chi connectivity index (χ0) is 21.0. The zero-order valence-corrected chi connectivity index (χ0v) is 15.7. The SMILES string of the molecule is CCOC(=O)/C=C(\C)NC(=O)c1cnn2c(C(F)F)cc(-c3ccccc3)nc12. The van der Waals surface area contributed by atoms with Gasteiger partial charge in [-0.3, -0.25) is 4.79 Å². The maximum Gasteiger partial charge on any atom is 0.332 e. The number of benzene rings is 1. The Morgan fingerprint density at radius 2 is 2.00 bits per heavy atom. The molecule has 0 radical (unpaired) electrons. The molecule has 0 saturated heterocycles. The molecule has 150 valence electrons. The van der Waals surface area contributed by atoms with Gasteiger partial charge < -0.3 is 10.1 Å². The summed E-state index contributed by atoms with van der Waals surface area (Å²) in [6.07, 6.45) is -0.527. The van der Waals surface area contributed by atoms with Crippen LogP contribution >= 0.6 is 0 Å². The van der Waals surface area contributed by atoms with Gasteiger partial charge in [-0.1, -0.05) is 30.3 Å². The summed E-state index contributed by atoms with van der Waals surface area (Å²) in [7, 11) is 0. The lowest BCUT2D eigenvalue weighted by molar-refractivity contribution is -0.137. The van der Waals surface area contributed by atoms with Gasteiger partial charge in [-0.05, 0) is 19.9 Å². The number of hydrogen-bond donors (Lipinski definition) is 1. The van der Waals surface area contributed by atoms with Crippen molar-refractivity contribution in [3.05, 3.63) is 65.6 Å². The van der Waals surface area contributed by atoms with Crippen molar-refractivity contribution in [2.75, 3.05) is 6.61 Å². The second-order valence-corrected chi connectivity index (χ2v) is 6.06. The highest BCUT2D eigenvalue weighted by Crippen LogP contribution is 2.26. The van der Waals surface area contributed by atoms with E-state index in [2.05, 4.69) is 15.4 Å². The zero-order valence-electron chi connectivity index (χ0n) is 15.7. The Labute approximate surface area is 165 Å². The van der Waals surface area contributed by atoms with Gasteiger partial charge in [-0.2, -0.15) is 5.10 Å². The standard InChI is InChI=1S/C20H18F2N4O3/c1-3-29-17(27)9-12(2)24-20(28)14-11-23-26-16(18(21)22)10-15(25-19(14)26)13-7-5-4-6-8-13/h4-11,18H,3H2,1-2H3,(H,24,28)/b12-9+. The summed E-state index contributed by atoms with van der Waals surface area (Å²) in [6.45, 7) is 3.37. The molecule has 2 heterocycles. The number of alkyl halides is 2. The number of aromatic nitrogens is 3. The summed E-state index contributed by atoms with van der Waals surface area (Å²) in [5.74, 6) is -1.23. The number of carbonyl (C=O) groups excluding carboxylic acids is 2. The molecule has 9 heteroatoms. The molecule has 0 aliphatic carbocycles. The van der Waals surface area contributed by atoms with Crippen LogP contribution in [0.25, 0.3) is 16.9 Å². The average molecular weight is 400 g/mol. The Morgan fingerprint density at radius 3 is 2.66 bits per heavy atom. The molecule has 0 spiro atoms. The van der Waals surface area contributed by atoms with Crippen LogP contribution in [-0.4, -0.2) is 33.1 Å². The van der Waals surface area contributed by atoms with Crippen LogP contribution in [0.5, 0.6) is 0 Å². The predicted octanol–water partition coefficient (Wildman–Crippen LogP) is 3.53. The molecule has 0 aliphatic heterocycles. The Morgan fingerprint density at radius 1 is 1.28 bits per heavy atom. The second-order valence-electron chi connectivity index (χ2n) is 6.06. The Kier molecular flexibility index (Phi) is 5.96. The van der Waals surface area contributed by atoms with Crippen LogP contribution in [0.1, 0.15) is 36.3 Å². The van der Waals surface area contributed by atoms with Gasteiger partial charge in [0.25, 0.3) is 12.3 Å². The number of ether oxygens (including phenoxy) is 1. The fourth-order valence-corrected chi connectivity index (χ4v) is 2.70. The van der Waals surface area contributed by atoms with Crippen LogP contribution in [0.3, 0.4) is 0 Å². The third-order valence-corrected chi connectivity index (χ3v) is 3.97. The van der Waals surface area contributed by atoms with Gasteiger partial charge in [0.2, 0.25) is 0 Å². The summed E-state index contributed by atoms with van der Waals surface area (Å²) in [6, 6.07) is 10.0. The Hall–Kier alpha value is -3.62. The predicted molar refractivity (Wildman–Crippen MR) is 101 cm³/mol. The van der Waals surface area contributed by atoms with E-state index in [0.717, 1.165) is 16.8 Å². The summed E-state index contributed by atoms with van der Waals surface area (Å²) in [5.41, 5.74) is 0.766. The number of carbonyl (C=O) groups is 2. The number of rotatable bonds is 6. The minimum absolute atomic E-state index is 0.00119. The fraction of sp³-hybridized carbons (Fsp3) is 0.200. The molecule has 0 atom stereocenters. The third-order valence-electron chi connectivity index (χ3n) is 3.97. The minimum Gasteiger partial charge on any atom is -0.463 e. The van der Waals surface area contributed by atoms with E-state index in [1.54, 1.807) is 37.3 Å². The van der Waals surface area contributed by atoms with Gasteiger partial charge in [0.05, 0.1) is 18.5 Å². The molecule has 3 rings (SSSR count). The van der Waals surface area contributed by atoms with Gasteiger partial charge in [0.15, 0.2) is 5.65 Å². The number of allylic oxidation sites excluding steroid dienone is 1. The summed E-state index contributed by atoms with van der Waals surface area (Å²) >= 11 is 0. The smallest absolute Gasteiger partial charge is 0.332 e. The van der Waals surface area contributed by atoms with Crippen LogP contribution in [0.15, 0.2) is 54.4 Å². The van der Waals surface area contributed by atoms with E-state index >= 15 is 0 Å². The molecule has 0 unspecified atom stereocenters. The fourth-order valence-electron chi connectivity index (χ4n) is 2.70. The average Bonchev–Trinajstić information content (AvgIpc) is 3.11. The monoisotopic (exact) mass is 400 g/mol. The number of halogens is 2. The van der Waals surface area contributed by atoms with Crippen molar-refractivity contribution in [1.29, 1.82) is 0 Å². The molecule has 1 N–H and O–H groups in total. The molecule has 0 saturated carbocycles. The molecule has 2 aromatic heterocycles. The molecular formula is C20H18F2N4O3. The van der Waals surface area contributed by atoms with Crippen LogP contribution in [0.2, 0.25) is 0 Å². The summed E-state index contributed by atoms with van der Waals surface area (Å²) in [4.78, 5) is 28.5. The first kappa shape index (κ1) is 20.1. The Balaban J connectivity index is 2.02. The number of hydrogen-bond acceptors (Lipinski definition) is 5. The van der Waals surface area contributed by atoms with Crippen molar-refractivity contribution in [1.82, 2.24) is 19.9 Å². The molecular weight excluding hydrogens is 382 g/mol. The number of nitrogens with one attached hydrogen (secondary N) is 1. The lowest BCUT2D eigenvalue weighted by atomic mass is 10.1. The van der Waals surface area contributed by atoms with Crippen molar-refractivity contribution >= 4 is 17.5 Å². The molecule has 3 aromatic rings. The highest BCUT2D eigenvalue weighted by Gasteiger charge is 2.21. The molecule has 0 fully saturated rings. The first-order valence-corrected chi connectivity index (χ1v) is 8.79. The van der Waals surface area contributed by atoms with E-state index in [-0.39, 0.29) is 29.2 Å². The molecule has 29 heavy (non-hydrogen) atoms. The van der Waals surface area contributed by atoms with Gasteiger partial charge in [-0.25, -0.2) is 23.1 Å². The van der Waals surface area contributed by atoms with Gasteiger partial charge in [0, 0.05) is 17.3 Å². The minimum atomic E-state index is -2.82. The van der Waals surface area contributed by atoms with Crippen molar-refractivity contribution in [3.8, 4) is 11.3 Å². The lowest BCUT2D eigenvalue weighted by Gasteiger charge is -2.09. The maximum absolute atomic E-state index is 13.6. The highest BCUT2D eigenvalue weighted by atomic mass is 19.3. The molecule has 7 nitrogen and oxygen atoms in total. The topological polar surface area (TPSA) is 85.6 Å².